The molecule has 1 aliphatic rings. The molecule has 4 heteroatoms. The summed E-state index contributed by atoms with van der Waals surface area (Å²) in [5.41, 5.74) is 1.17. The third kappa shape index (κ3) is 4.31. The van der Waals surface area contributed by atoms with E-state index in [0.29, 0.717) is 19.4 Å². The molecule has 1 fully saturated rings. The summed E-state index contributed by atoms with van der Waals surface area (Å²) in [6.45, 7) is 2.59. The molecule has 0 heterocycles. The predicted molar refractivity (Wildman–Crippen MR) is 79.6 cm³/mol. The zero-order valence-electron chi connectivity index (χ0n) is 12.4. The van der Waals surface area contributed by atoms with E-state index in [1.807, 2.05) is 31.2 Å². The molecule has 1 aromatic rings. The number of ketones is 1. The molecule has 0 aliphatic heterocycles. The minimum atomic E-state index is -0.823. The van der Waals surface area contributed by atoms with E-state index in [4.69, 9.17) is 9.84 Å². The summed E-state index contributed by atoms with van der Waals surface area (Å²) < 4.78 is 5.42. The molecule has 114 valence electrons. The molecule has 0 amide bonds. The molecule has 2 atom stereocenters. The van der Waals surface area contributed by atoms with Gasteiger partial charge in [0, 0.05) is 18.8 Å². The Bertz CT molecular complexity index is 492. The van der Waals surface area contributed by atoms with Crippen LogP contribution in [0.25, 0.3) is 0 Å². The van der Waals surface area contributed by atoms with E-state index >= 15 is 0 Å². The lowest BCUT2D eigenvalue weighted by Crippen LogP contribution is -2.24. The fourth-order valence-corrected chi connectivity index (χ4v) is 2.97. The monoisotopic (exact) mass is 290 g/mol. The minimum absolute atomic E-state index is 0.0694. The van der Waals surface area contributed by atoms with Crippen molar-refractivity contribution in [2.75, 3.05) is 6.61 Å². The lowest BCUT2D eigenvalue weighted by Gasteiger charge is -2.27. The number of aliphatic carboxylic acids is 1. The smallest absolute Gasteiger partial charge is 0.303 e. The van der Waals surface area contributed by atoms with Gasteiger partial charge in [0.05, 0.1) is 6.61 Å². The molecule has 1 N–H and O–H groups in total. The summed E-state index contributed by atoms with van der Waals surface area (Å²) >= 11 is 0. The van der Waals surface area contributed by atoms with Crippen LogP contribution >= 0.6 is 0 Å². The molecule has 0 radical (unpaired) electrons. The molecule has 0 saturated heterocycles. The summed E-state index contributed by atoms with van der Waals surface area (Å²) in [4.78, 5) is 22.7. The van der Waals surface area contributed by atoms with Crippen LogP contribution in [-0.2, 0) is 9.59 Å². The van der Waals surface area contributed by atoms with Crippen LogP contribution in [0.1, 0.15) is 50.5 Å². The molecule has 1 aromatic carbocycles. The highest BCUT2D eigenvalue weighted by molar-refractivity contribution is 5.83. The summed E-state index contributed by atoms with van der Waals surface area (Å²) in [6, 6.07) is 7.95. The number of carboxylic acid groups (broad SMARTS) is 1. The van der Waals surface area contributed by atoms with Crippen LogP contribution in [0.15, 0.2) is 24.3 Å². The van der Waals surface area contributed by atoms with Gasteiger partial charge in [-0.3, -0.25) is 9.59 Å². The number of Topliss-reactive ketones (excluding diaryl/α,β-unsaturated/α-hetero) is 1. The van der Waals surface area contributed by atoms with Crippen LogP contribution < -0.4 is 4.74 Å². The van der Waals surface area contributed by atoms with Gasteiger partial charge in [-0.05, 0) is 49.8 Å². The third-order valence-electron chi connectivity index (χ3n) is 4.14. The largest absolute Gasteiger partial charge is 0.494 e. The van der Waals surface area contributed by atoms with Crippen LogP contribution in [0.3, 0.4) is 0 Å². The van der Waals surface area contributed by atoms with Crippen molar-refractivity contribution < 1.29 is 19.4 Å². The molecule has 4 nitrogen and oxygen atoms in total. The van der Waals surface area contributed by atoms with E-state index < -0.39 is 5.97 Å². The maximum atomic E-state index is 12.1. The first-order valence-corrected chi connectivity index (χ1v) is 7.57. The van der Waals surface area contributed by atoms with Crippen LogP contribution in [0.2, 0.25) is 0 Å². The van der Waals surface area contributed by atoms with Crippen molar-refractivity contribution >= 4 is 11.8 Å². The zero-order chi connectivity index (χ0) is 15.2. The highest BCUT2D eigenvalue weighted by Crippen LogP contribution is 2.35. The van der Waals surface area contributed by atoms with E-state index in [1.54, 1.807) is 0 Å². The number of benzene rings is 1. The first-order chi connectivity index (χ1) is 10.1. The number of hydrogen-bond donors (Lipinski definition) is 1. The average Bonchev–Trinajstić information content (AvgIpc) is 2.47. The Morgan fingerprint density at radius 3 is 2.57 bits per heavy atom. The van der Waals surface area contributed by atoms with Gasteiger partial charge in [0.15, 0.2) is 0 Å². The van der Waals surface area contributed by atoms with Gasteiger partial charge in [0.1, 0.15) is 11.5 Å². The highest BCUT2D eigenvalue weighted by atomic mass is 16.5. The standard InChI is InChI=1S/C17H22O4/c1-2-21-15-8-5-12(6-9-15)14-4-3-13(16(18)11-14)7-10-17(19)20/h5-6,8-9,13-14H,2-4,7,10-11H2,1H3,(H,19,20). The second-order valence-corrected chi connectivity index (χ2v) is 5.58. The molecular formula is C17H22O4. The maximum Gasteiger partial charge on any atom is 0.303 e. The van der Waals surface area contributed by atoms with Gasteiger partial charge >= 0.3 is 5.97 Å². The van der Waals surface area contributed by atoms with Crippen molar-refractivity contribution in [3.05, 3.63) is 29.8 Å². The minimum Gasteiger partial charge on any atom is -0.494 e. The lowest BCUT2D eigenvalue weighted by atomic mass is 9.76. The first kappa shape index (κ1) is 15.5. The Morgan fingerprint density at radius 2 is 2.00 bits per heavy atom. The van der Waals surface area contributed by atoms with Crippen LogP contribution in [0, 0.1) is 5.92 Å². The molecule has 1 saturated carbocycles. The normalized spacial score (nSPS) is 22.0. The van der Waals surface area contributed by atoms with E-state index in [0.717, 1.165) is 18.6 Å². The average molecular weight is 290 g/mol. The first-order valence-electron chi connectivity index (χ1n) is 7.57. The SMILES string of the molecule is CCOc1ccc(C2CCC(CCC(=O)O)C(=O)C2)cc1. The topological polar surface area (TPSA) is 63.6 Å². The number of carbonyl (C=O) groups is 2. The van der Waals surface area contributed by atoms with Gasteiger partial charge in [0.25, 0.3) is 0 Å². The van der Waals surface area contributed by atoms with E-state index in [1.165, 1.54) is 5.56 Å². The van der Waals surface area contributed by atoms with Crippen molar-refractivity contribution in [2.24, 2.45) is 5.92 Å². The quantitative estimate of drug-likeness (QED) is 0.872. The van der Waals surface area contributed by atoms with Crippen molar-refractivity contribution in [2.45, 2.75) is 44.9 Å². The maximum absolute atomic E-state index is 12.1. The number of rotatable bonds is 6. The molecule has 0 bridgehead atoms. The van der Waals surface area contributed by atoms with Gasteiger partial charge in [-0.1, -0.05) is 12.1 Å². The van der Waals surface area contributed by atoms with Crippen molar-refractivity contribution in [3.63, 3.8) is 0 Å². The molecule has 2 rings (SSSR count). The van der Waals surface area contributed by atoms with Gasteiger partial charge in [0.2, 0.25) is 0 Å². The summed E-state index contributed by atoms with van der Waals surface area (Å²) in [6.07, 6.45) is 2.83. The van der Waals surface area contributed by atoms with E-state index in [-0.39, 0.29) is 24.0 Å². The Kier molecular flexibility index (Phi) is 5.37. The fourth-order valence-electron chi connectivity index (χ4n) is 2.97. The van der Waals surface area contributed by atoms with Crippen LogP contribution in [0.5, 0.6) is 5.75 Å². The highest BCUT2D eigenvalue weighted by Gasteiger charge is 2.29. The van der Waals surface area contributed by atoms with Crippen molar-refractivity contribution in [3.8, 4) is 5.75 Å². The Labute approximate surface area is 125 Å². The van der Waals surface area contributed by atoms with Gasteiger partial charge in [-0.25, -0.2) is 0 Å². The Balaban J connectivity index is 1.92. The van der Waals surface area contributed by atoms with Crippen molar-refractivity contribution in [1.29, 1.82) is 0 Å². The molecule has 0 aromatic heterocycles. The predicted octanol–water partition coefficient (Wildman–Crippen LogP) is 3.40. The zero-order valence-corrected chi connectivity index (χ0v) is 12.4. The second-order valence-electron chi connectivity index (χ2n) is 5.58. The molecule has 0 spiro atoms. The summed E-state index contributed by atoms with van der Waals surface area (Å²) in [5.74, 6) is 0.426. The summed E-state index contributed by atoms with van der Waals surface area (Å²) in [7, 11) is 0. The molecule has 21 heavy (non-hydrogen) atoms. The number of carbonyl (C=O) groups excluding carboxylic acids is 1. The van der Waals surface area contributed by atoms with Crippen molar-refractivity contribution in [1.82, 2.24) is 0 Å². The third-order valence-corrected chi connectivity index (χ3v) is 4.14. The van der Waals surface area contributed by atoms with Gasteiger partial charge in [-0.2, -0.15) is 0 Å². The van der Waals surface area contributed by atoms with Crippen LogP contribution in [-0.4, -0.2) is 23.5 Å². The molecule has 1 aliphatic carbocycles. The molecule has 2 unspecified atom stereocenters. The van der Waals surface area contributed by atoms with E-state index in [9.17, 15) is 9.59 Å². The Morgan fingerprint density at radius 1 is 1.29 bits per heavy atom. The van der Waals surface area contributed by atoms with Gasteiger partial charge < -0.3 is 9.84 Å². The summed E-state index contributed by atoms with van der Waals surface area (Å²) in [5, 5.41) is 8.71. The molecular weight excluding hydrogens is 268 g/mol. The lowest BCUT2D eigenvalue weighted by molar-refractivity contribution is -0.137. The fraction of sp³-hybridized carbons (Fsp3) is 0.529. The van der Waals surface area contributed by atoms with Crippen LogP contribution in [0.4, 0.5) is 0 Å². The Hall–Kier alpha value is -1.84. The number of ether oxygens (including phenoxy) is 1. The number of hydrogen-bond acceptors (Lipinski definition) is 3. The van der Waals surface area contributed by atoms with Gasteiger partial charge in [-0.15, -0.1) is 0 Å². The van der Waals surface area contributed by atoms with E-state index in [2.05, 4.69) is 0 Å². The number of carboxylic acids is 1. The second kappa shape index (κ2) is 7.25.